The predicted molar refractivity (Wildman–Crippen MR) is 133 cm³/mol. The van der Waals surface area contributed by atoms with Gasteiger partial charge in [-0.05, 0) is 61.8 Å². The largest absolute Gasteiger partial charge is 0.493 e. The molecule has 0 saturated heterocycles. The van der Waals surface area contributed by atoms with Crippen LogP contribution >= 0.6 is 0 Å². The van der Waals surface area contributed by atoms with E-state index < -0.39 is 0 Å². The van der Waals surface area contributed by atoms with Crippen molar-refractivity contribution in [3.63, 3.8) is 0 Å². The number of amides is 1. The fraction of sp³-hybridized carbons (Fsp3) is 0.286. The third-order valence-corrected chi connectivity index (χ3v) is 6.16. The topological polar surface area (TPSA) is 67.9 Å². The first-order valence-electron chi connectivity index (χ1n) is 11.6. The van der Waals surface area contributed by atoms with Crippen LogP contribution in [-0.4, -0.2) is 56.5 Å². The Hall–Kier alpha value is -3.64. The molecule has 1 heterocycles. The van der Waals surface area contributed by atoms with Gasteiger partial charge in [-0.25, -0.2) is 0 Å². The molecular formula is C28H30N2O4. The van der Waals surface area contributed by atoms with Gasteiger partial charge in [0.25, 0.3) is 5.91 Å². The van der Waals surface area contributed by atoms with E-state index in [1.807, 2.05) is 54.4 Å². The summed E-state index contributed by atoms with van der Waals surface area (Å²) in [5, 5.41) is 2.98. The maximum Gasteiger partial charge on any atom is 0.251 e. The van der Waals surface area contributed by atoms with Gasteiger partial charge in [0, 0.05) is 12.1 Å². The van der Waals surface area contributed by atoms with E-state index in [2.05, 4.69) is 17.4 Å². The Kier molecular flexibility index (Phi) is 7.60. The van der Waals surface area contributed by atoms with Gasteiger partial charge in [0.05, 0.1) is 12.7 Å². The number of hydrogen-bond acceptors (Lipinski definition) is 5. The number of rotatable bonds is 9. The summed E-state index contributed by atoms with van der Waals surface area (Å²) >= 11 is 0. The molecule has 34 heavy (non-hydrogen) atoms. The number of ketones is 1. The zero-order valence-corrected chi connectivity index (χ0v) is 19.6. The van der Waals surface area contributed by atoms with E-state index in [4.69, 9.17) is 9.47 Å². The molecule has 3 aromatic carbocycles. The van der Waals surface area contributed by atoms with Crippen molar-refractivity contribution in [2.24, 2.45) is 0 Å². The monoisotopic (exact) mass is 458 g/mol. The van der Waals surface area contributed by atoms with Crippen molar-refractivity contribution in [2.45, 2.75) is 18.9 Å². The number of nitrogens with zero attached hydrogens (tertiary/aromatic N) is 1. The fourth-order valence-electron chi connectivity index (χ4n) is 4.16. The summed E-state index contributed by atoms with van der Waals surface area (Å²) in [5.74, 6) is 1.08. The van der Waals surface area contributed by atoms with Gasteiger partial charge >= 0.3 is 0 Å². The predicted octanol–water partition coefficient (Wildman–Crippen LogP) is 4.45. The lowest BCUT2D eigenvalue weighted by atomic mass is 9.99. The highest BCUT2D eigenvalue weighted by atomic mass is 16.5. The van der Waals surface area contributed by atoms with Crippen LogP contribution in [0, 0.1) is 0 Å². The average molecular weight is 459 g/mol. The molecule has 0 aliphatic carbocycles. The SMILES string of the molecule is COc1cccc2c1OC[C@@H](N(C)CCCCNC(=O)c1ccc(-c3ccccc3)cc1)C2=O. The second kappa shape index (κ2) is 11.0. The van der Waals surface area contributed by atoms with Crippen LogP contribution in [0.1, 0.15) is 33.6 Å². The standard InChI is InChI=1S/C28H30N2O4/c1-30(24-19-34-27-23(26(24)31)11-8-12-25(27)33-2)18-7-6-17-29-28(32)22-15-13-21(14-16-22)20-9-4-3-5-10-20/h3-5,8-16,24H,6-7,17-19H2,1-2H3,(H,29,32)/t24-/m1/s1. The Bertz CT molecular complexity index is 1130. The summed E-state index contributed by atoms with van der Waals surface area (Å²) in [5.41, 5.74) is 3.43. The fourth-order valence-corrected chi connectivity index (χ4v) is 4.16. The molecule has 0 unspecified atom stereocenters. The molecule has 1 amide bonds. The zero-order valence-electron chi connectivity index (χ0n) is 19.6. The summed E-state index contributed by atoms with van der Waals surface area (Å²) in [6.45, 7) is 1.63. The molecule has 176 valence electrons. The van der Waals surface area contributed by atoms with E-state index in [0.29, 0.717) is 35.8 Å². The number of hydrogen-bond donors (Lipinski definition) is 1. The van der Waals surface area contributed by atoms with E-state index in [0.717, 1.165) is 30.5 Å². The van der Waals surface area contributed by atoms with Crippen LogP contribution in [0.3, 0.4) is 0 Å². The molecule has 0 aromatic heterocycles. The van der Waals surface area contributed by atoms with E-state index in [1.165, 1.54) is 0 Å². The molecule has 4 rings (SSSR count). The molecule has 0 saturated carbocycles. The van der Waals surface area contributed by atoms with Crippen molar-refractivity contribution in [3.05, 3.63) is 83.9 Å². The van der Waals surface area contributed by atoms with Gasteiger partial charge in [-0.3, -0.25) is 14.5 Å². The van der Waals surface area contributed by atoms with Gasteiger partial charge in [0.15, 0.2) is 17.3 Å². The van der Waals surface area contributed by atoms with E-state index in [9.17, 15) is 9.59 Å². The van der Waals surface area contributed by atoms with Gasteiger partial charge in [-0.2, -0.15) is 0 Å². The van der Waals surface area contributed by atoms with Crippen molar-refractivity contribution in [2.75, 3.05) is 33.9 Å². The lowest BCUT2D eigenvalue weighted by molar-refractivity contribution is 0.0714. The normalized spacial score (nSPS) is 14.9. The van der Waals surface area contributed by atoms with Crippen molar-refractivity contribution >= 4 is 11.7 Å². The second-order valence-corrected chi connectivity index (χ2v) is 8.42. The van der Waals surface area contributed by atoms with Gasteiger partial charge in [-0.15, -0.1) is 0 Å². The highest BCUT2D eigenvalue weighted by Crippen LogP contribution is 2.35. The minimum Gasteiger partial charge on any atom is -0.493 e. The first-order chi connectivity index (χ1) is 16.6. The van der Waals surface area contributed by atoms with Gasteiger partial charge < -0.3 is 14.8 Å². The molecule has 0 bridgehead atoms. The first-order valence-corrected chi connectivity index (χ1v) is 11.6. The van der Waals surface area contributed by atoms with Crippen molar-refractivity contribution in [3.8, 4) is 22.6 Å². The molecule has 6 nitrogen and oxygen atoms in total. The first kappa shape index (κ1) is 23.5. The Morgan fingerprint density at radius 3 is 2.47 bits per heavy atom. The number of methoxy groups -OCH3 is 1. The molecule has 0 fully saturated rings. The van der Waals surface area contributed by atoms with E-state index in [1.54, 1.807) is 25.3 Å². The smallest absolute Gasteiger partial charge is 0.251 e. The third kappa shape index (κ3) is 5.29. The average Bonchev–Trinajstić information content (AvgIpc) is 2.88. The lowest BCUT2D eigenvalue weighted by Gasteiger charge is -2.31. The maximum absolute atomic E-state index is 12.9. The van der Waals surface area contributed by atoms with Crippen LogP contribution in [0.2, 0.25) is 0 Å². The third-order valence-electron chi connectivity index (χ3n) is 6.16. The number of para-hydroxylation sites is 1. The number of unbranched alkanes of at least 4 members (excludes halogenated alkanes) is 1. The Morgan fingerprint density at radius 1 is 1.00 bits per heavy atom. The number of carbonyl (C=O) groups is 2. The summed E-state index contributed by atoms with van der Waals surface area (Å²) in [7, 11) is 3.50. The van der Waals surface area contributed by atoms with Crippen LogP contribution in [0.4, 0.5) is 0 Å². The number of likely N-dealkylation sites (N-methyl/N-ethyl adjacent to an activating group) is 1. The molecule has 1 aliphatic heterocycles. The van der Waals surface area contributed by atoms with Gasteiger partial charge in [0.1, 0.15) is 12.6 Å². The number of nitrogens with one attached hydrogen (secondary N) is 1. The van der Waals surface area contributed by atoms with Crippen molar-refractivity contribution < 1.29 is 19.1 Å². The molecule has 3 aromatic rings. The summed E-state index contributed by atoms with van der Waals surface area (Å²) in [6.07, 6.45) is 1.68. The number of fused-ring (bicyclic) bond motifs is 1. The molecular weight excluding hydrogens is 428 g/mol. The maximum atomic E-state index is 12.9. The molecule has 1 aliphatic rings. The summed E-state index contributed by atoms with van der Waals surface area (Å²) in [6, 6.07) is 22.8. The summed E-state index contributed by atoms with van der Waals surface area (Å²) in [4.78, 5) is 27.4. The number of carbonyl (C=O) groups excluding carboxylic acids is 2. The Morgan fingerprint density at radius 2 is 1.74 bits per heavy atom. The molecule has 0 spiro atoms. The Balaban J connectivity index is 1.21. The van der Waals surface area contributed by atoms with E-state index in [-0.39, 0.29) is 17.7 Å². The summed E-state index contributed by atoms with van der Waals surface area (Å²) < 4.78 is 11.2. The highest BCUT2D eigenvalue weighted by Gasteiger charge is 2.33. The molecule has 0 radical (unpaired) electrons. The van der Waals surface area contributed by atoms with Gasteiger partial charge in [0.2, 0.25) is 0 Å². The van der Waals surface area contributed by atoms with Crippen molar-refractivity contribution in [1.29, 1.82) is 0 Å². The number of benzene rings is 3. The zero-order chi connectivity index (χ0) is 23.9. The molecule has 1 atom stereocenters. The second-order valence-electron chi connectivity index (χ2n) is 8.42. The van der Waals surface area contributed by atoms with Crippen LogP contribution in [0.25, 0.3) is 11.1 Å². The van der Waals surface area contributed by atoms with Gasteiger partial charge in [-0.1, -0.05) is 48.5 Å². The van der Waals surface area contributed by atoms with Crippen molar-refractivity contribution in [1.82, 2.24) is 10.2 Å². The van der Waals surface area contributed by atoms with E-state index >= 15 is 0 Å². The molecule has 6 heteroatoms. The van der Waals surface area contributed by atoms with Crippen LogP contribution in [0.5, 0.6) is 11.5 Å². The number of Topliss-reactive ketones (excluding diaryl/α,β-unsaturated/α-hetero) is 1. The highest BCUT2D eigenvalue weighted by molar-refractivity contribution is 6.04. The quantitative estimate of drug-likeness (QED) is 0.480. The number of ether oxygens (including phenoxy) is 2. The minimum absolute atomic E-state index is 0.0508. The van der Waals surface area contributed by atoms with Crippen LogP contribution in [-0.2, 0) is 0 Å². The van der Waals surface area contributed by atoms with Crippen LogP contribution < -0.4 is 14.8 Å². The molecule has 1 N–H and O–H groups in total. The minimum atomic E-state index is -0.322. The Labute approximate surface area is 200 Å². The lowest BCUT2D eigenvalue weighted by Crippen LogP contribution is -2.46. The van der Waals surface area contributed by atoms with Crippen LogP contribution in [0.15, 0.2) is 72.8 Å².